The van der Waals surface area contributed by atoms with Crippen LogP contribution in [0.4, 0.5) is 9.59 Å². The Morgan fingerprint density at radius 3 is 2.00 bits per heavy atom. The summed E-state index contributed by atoms with van der Waals surface area (Å²) in [4.78, 5) is 21.1. The average molecular weight is 248 g/mol. The van der Waals surface area contributed by atoms with Crippen molar-refractivity contribution in [2.75, 3.05) is 13.2 Å². The van der Waals surface area contributed by atoms with Crippen LogP contribution in [0.1, 0.15) is 40.0 Å². The van der Waals surface area contributed by atoms with E-state index in [1.807, 2.05) is 0 Å². The van der Waals surface area contributed by atoms with Crippen molar-refractivity contribution in [2.24, 2.45) is 0 Å². The first-order valence-electron chi connectivity index (χ1n) is 5.53. The summed E-state index contributed by atoms with van der Waals surface area (Å²) in [7, 11) is 0. The van der Waals surface area contributed by atoms with Crippen molar-refractivity contribution in [3.63, 3.8) is 0 Å². The first-order valence-corrected chi connectivity index (χ1v) is 5.53. The lowest BCUT2D eigenvalue weighted by Crippen LogP contribution is -2.24. The third-order valence-corrected chi connectivity index (χ3v) is 1.62. The van der Waals surface area contributed by atoms with E-state index in [0.29, 0.717) is 12.8 Å². The number of carbonyl (C=O) groups is 2. The Bertz CT molecular complexity index is 243. The number of rotatable bonds is 6. The van der Waals surface area contributed by atoms with Crippen molar-refractivity contribution in [3.8, 4) is 0 Å². The standard InChI is InChI=1S/C11H20O6/c1-11(2,3)17-10(14)16-8-6-4-5-7-15-9(12)13/h4-8H2,1-3H3,(H,12,13). The molecule has 1 N–H and O–H groups in total. The fraction of sp³-hybridized carbons (Fsp3) is 0.818. The summed E-state index contributed by atoms with van der Waals surface area (Å²) in [6, 6.07) is 0. The molecule has 0 bridgehead atoms. The van der Waals surface area contributed by atoms with E-state index in [0.717, 1.165) is 6.42 Å². The second-order valence-electron chi connectivity index (χ2n) is 4.49. The van der Waals surface area contributed by atoms with Gasteiger partial charge in [-0.1, -0.05) is 0 Å². The van der Waals surface area contributed by atoms with Crippen molar-refractivity contribution in [1.29, 1.82) is 0 Å². The average Bonchev–Trinajstić information content (AvgIpc) is 2.12. The van der Waals surface area contributed by atoms with E-state index in [4.69, 9.17) is 14.6 Å². The molecule has 0 aliphatic heterocycles. The van der Waals surface area contributed by atoms with Gasteiger partial charge in [0.15, 0.2) is 0 Å². The number of carboxylic acid groups (broad SMARTS) is 1. The molecule has 0 aromatic carbocycles. The minimum absolute atomic E-state index is 0.168. The topological polar surface area (TPSA) is 82.1 Å². The summed E-state index contributed by atoms with van der Waals surface area (Å²) in [5.41, 5.74) is -0.549. The lowest BCUT2D eigenvalue weighted by molar-refractivity contribution is -0.00776. The van der Waals surface area contributed by atoms with Gasteiger partial charge in [0.2, 0.25) is 0 Å². The van der Waals surface area contributed by atoms with Crippen LogP contribution in [0.25, 0.3) is 0 Å². The monoisotopic (exact) mass is 248 g/mol. The summed E-state index contributed by atoms with van der Waals surface area (Å²) in [5, 5.41) is 8.19. The van der Waals surface area contributed by atoms with Crippen LogP contribution >= 0.6 is 0 Å². The summed E-state index contributed by atoms with van der Waals surface area (Å²) in [5.74, 6) is 0. The van der Waals surface area contributed by atoms with Crippen LogP contribution in [0.2, 0.25) is 0 Å². The van der Waals surface area contributed by atoms with Crippen LogP contribution in [0.3, 0.4) is 0 Å². The minimum atomic E-state index is -1.27. The van der Waals surface area contributed by atoms with E-state index in [1.165, 1.54) is 0 Å². The Morgan fingerprint density at radius 1 is 1.00 bits per heavy atom. The molecule has 0 spiro atoms. The molecule has 0 saturated carbocycles. The van der Waals surface area contributed by atoms with Crippen molar-refractivity contribution in [3.05, 3.63) is 0 Å². The quantitative estimate of drug-likeness (QED) is 0.575. The van der Waals surface area contributed by atoms with Crippen LogP contribution in [0, 0.1) is 0 Å². The molecule has 0 aliphatic carbocycles. The van der Waals surface area contributed by atoms with Gasteiger partial charge in [-0.2, -0.15) is 0 Å². The molecule has 100 valence electrons. The highest BCUT2D eigenvalue weighted by Crippen LogP contribution is 2.08. The lowest BCUT2D eigenvalue weighted by atomic mass is 10.2. The predicted molar refractivity (Wildman–Crippen MR) is 60.0 cm³/mol. The third-order valence-electron chi connectivity index (χ3n) is 1.62. The second kappa shape index (κ2) is 7.76. The van der Waals surface area contributed by atoms with Gasteiger partial charge in [-0.25, -0.2) is 9.59 Å². The smallest absolute Gasteiger partial charge is 0.450 e. The fourth-order valence-electron chi connectivity index (χ4n) is 0.975. The normalized spacial score (nSPS) is 10.8. The molecule has 0 heterocycles. The Labute approximate surface area is 101 Å². The molecule has 0 aromatic heterocycles. The van der Waals surface area contributed by atoms with Gasteiger partial charge in [-0.3, -0.25) is 0 Å². The van der Waals surface area contributed by atoms with Crippen LogP contribution in [-0.4, -0.2) is 36.2 Å². The molecule has 0 fully saturated rings. The summed E-state index contributed by atoms with van der Waals surface area (Å²) in [6.45, 7) is 5.72. The van der Waals surface area contributed by atoms with Gasteiger partial charge in [-0.15, -0.1) is 0 Å². The largest absolute Gasteiger partial charge is 0.508 e. The molecule has 6 nitrogen and oxygen atoms in total. The van der Waals surface area contributed by atoms with Gasteiger partial charge < -0.3 is 19.3 Å². The third kappa shape index (κ3) is 12.5. The molecule has 0 aliphatic rings. The molecular weight excluding hydrogens is 228 g/mol. The summed E-state index contributed by atoms with van der Waals surface area (Å²) < 4.78 is 14.1. The van der Waals surface area contributed by atoms with Crippen LogP contribution in [0.15, 0.2) is 0 Å². The minimum Gasteiger partial charge on any atom is -0.450 e. The van der Waals surface area contributed by atoms with Crippen molar-refractivity contribution < 1.29 is 28.9 Å². The maximum atomic E-state index is 11.1. The zero-order valence-corrected chi connectivity index (χ0v) is 10.5. The van der Waals surface area contributed by atoms with E-state index in [1.54, 1.807) is 20.8 Å². The molecule has 0 aromatic rings. The molecule has 0 unspecified atom stereocenters. The number of unbranched alkanes of at least 4 members (excludes halogenated alkanes) is 2. The van der Waals surface area contributed by atoms with E-state index >= 15 is 0 Å². The van der Waals surface area contributed by atoms with E-state index in [-0.39, 0.29) is 13.2 Å². The molecule has 6 heteroatoms. The highest BCUT2D eigenvalue weighted by Gasteiger charge is 2.16. The Hall–Kier alpha value is -1.46. The van der Waals surface area contributed by atoms with Gasteiger partial charge in [0.1, 0.15) is 5.60 Å². The zero-order chi connectivity index (χ0) is 13.3. The molecule has 0 saturated heterocycles. The number of carbonyl (C=O) groups excluding carboxylic acids is 1. The second-order valence-corrected chi connectivity index (χ2v) is 4.49. The van der Waals surface area contributed by atoms with E-state index in [2.05, 4.69) is 4.74 Å². The van der Waals surface area contributed by atoms with E-state index in [9.17, 15) is 9.59 Å². The Morgan fingerprint density at radius 2 is 1.53 bits per heavy atom. The van der Waals surface area contributed by atoms with E-state index < -0.39 is 17.9 Å². The molecular formula is C11H20O6. The number of ether oxygens (including phenoxy) is 3. The van der Waals surface area contributed by atoms with Gasteiger partial charge in [0.05, 0.1) is 13.2 Å². The van der Waals surface area contributed by atoms with Crippen molar-refractivity contribution in [1.82, 2.24) is 0 Å². The van der Waals surface area contributed by atoms with Gasteiger partial charge in [0.25, 0.3) is 0 Å². The summed E-state index contributed by atoms with van der Waals surface area (Å²) in [6.07, 6.45) is 0.0525. The van der Waals surface area contributed by atoms with Crippen molar-refractivity contribution >= 4 is 12.3 Å². The summed E-state index contributed by atoms with van der Waals surface area (Å²) >= 11 is 0. The molecule has 17 heavy (non-hydrogen) atoms. The highest BCUT2D eigenvalue weighted by atomic mass is 16.7. The Balaban J connectivity index is 3.34. The highest BCUT2D eigenvalue weighted by molar-refractivity contribution is 5.60. The van der Waals surface area contributed by atoms with Gasteiger partial charge in [-0.05, 0) is 40.0 Å². The van der Waals surface area contributed by atoms with Crippen molar-refractivity contribution in [2.45, 2.75) is 45.6 Å². The first-order chi connectivity index (χ1) is 7.81. The zero-order valence-electron chi connectivity index (χ0n) is 10.5. The number of hydrogen-bond donors (Lipinski definition) is 1. The molecule has 0 amide bonds. The molecule has 0 atom stereocenters. The predicted octanol–water partition coefficient (Wildman–Crippen LogP) is 2.80. The SMILES string of the molecule is CC(C)(C)OC(=O)OCCCCCOC(=O)O. The first kappa shape index (κ1) is 15.5. The maximum Gasteiger partial charge on any atom is 0.508 e. The van der Waals surface area contributed by atoms with Gasteiger partial charge >= 0.3 is 12.3 Å². The maximum absolute atomic E-state index is 11.1. The molecule has 0 rings (SSSR count). The van der Waals surface area contributed by atoms with Crippen LogP contribution < -0.4 is 0 Å². The fourth-order valence-corrected chi connectivity index (χ4v) is 0.975. The number of hydrogen-bond acceptors (Lipinski definition) is 5. The van der Waals surface area contributed by atoms with Gasteiger partial charge in [0, 0.05) is 0 Å². The Kier molecular flexibility index (Phi) is 7.09. The lowest BCUT2D eigenvalue weighted by Gasteiger charge is -2.18. The van der Waals surface area contributed by atoms with Crippen LogP contribution in [0.5, 0.6) is 0 Å². The molecule has 0 radical (unpaired) electrons. The van der Waals surface area contributed by atoms with Crippen LogP contribution in [-0.2, 0) is 14.2 Å².